The number of hydrogen-bond donors (Lipinski definition) is 3. The van der Waals surface area contributed by atoms with Crippen LogP contribution in [0.5, 0.6) is 0 Å². The third-order valence-electron chi connectivity index (χ3n) is 3.00. The summed E-state index contributed by atoms with van der Waals surface area (Å²) in [5, 5.41) is 9.27. The minimum Gasteiger partial charge on any atom is -0.444 e. The second-order valence-corrected chi connectivity index (χ2v) is 7.60. The molecule has 0 unspecified atom stereocenters. The van der Waals surface area contributed by atoms with Crippen LogP contribution >= 0.6 is 24.0 Å². The number of carbonyl (C=O) groups excluding carboxylic acids is 1. The molecular weight excluding hydrogens is 447 g/mol. The Balaban J connectivity index is 0. The highest BCUT2D eigenvalue weighted by Crippen LogP contribution is 2.09. The van der Waals surface area contributed by atoms with Crippen molar-refractivity contribution in [1.29, 1.82) is 0 Å². The smallest absolute Gasteiger partial charge is 0.408 e. The standard InChI is InChI=1S/C18H38N4O3.HI/c1-8-10-12-24-13-11-20-15(19-9-2)21-14-18(6,7)22-16(23)25-17(3,4)5;/h8-14H2,1-7H3,(H,22,23)(H2,19,20,21);1H. The number of nitrogens with zero attached hydrogens (tertiary/aromatic N) is 1. The van der Waals surface area contributed by atoms with Crippen molar-refractivity contribution >= 4 is 36.0 Å². The lowest BCUT2D eigenvalue weighted by molar-refractivity contribution is 0.0476. The number of aliphatic imine (C=N–C) groups is 1. The molecule has 0 rings (SSSR count). The van der Waals surface area contributed by atoms with Gasteiger partial charge in [0, 0.05) is 19.7 Å². The van der Waals surface area contributed by atoms with Crippen LogP contribution in [0.2, 0.25) is 0 Å². The van der Waals surface area contributed by atoms with Gasteiger partial charge in [-0.25, -0.2) is 4.79 Å². The maximum Gasteiger partial charge on any atom is 0.408 e. The molecule has 156 valence electrons. The van der Waals surface area contributed by atoms with E-state index in [-0.39, 0.29) is 24.0 Å². The number of rotatable bonds is 10. The number of nitrogens with one attached hydrogen (secondary N) is 3. The highest BCUT2D eigenvalue weighted by Gasteiger charge is 2.24. The number of ether oxygens (including phenoxy) is 2. The van der Waals surface area contributed by atoms with Crippen molar-refractivity contribution in [3.8, 4) is 0 Å². The van der Waals surface area contributed by atoms with Crippen LogP contribution in [0, 0.1) is 0 Å². The van der Waals surface area contributed by atoms with Gasteiger partial charge in [0.05, 0.1) is 18.7 Å². The number of carbonyl (C=O) groups is 1. The molecule has 0 heterocycles. The van der Waals surface area contributed by atoms with Crippen LogP contribution in [-0.2, 0) is 9.47 Å². The summed E-state index contributed by atoms with van der Waals surface area (Å²) in [7, 11) is 0. The van der Waals surface area contributed by atoms with Gasteiger partial charge in [0.2, 0.25) is 0 Å². The summed E-state index contributed by atoms with van der Waals surface area (Å²) in [5.74, 6) is 0.709. The third-order valence-corrected chi connectivity index (χ3v) is 3.00. The molecule has 0 saturated carbocycles. The Morgan fingerprint density at radius 2 is 1.69 bits per heavy atom. The molecule has 0 spiro atoms. The zero-order valence-corrected chi connectivity index (χ0v) is 19.9. The molecule has 8 heteroatoms. The predicted molar refractivity (Wildman–Crippen MR) is 119 cm³/mol. The molecule has 0 aliphatic rings. The normalized spacial score (nSPS) is 12.2. The maximum atomic E-state index is 11.9. The average molecular weight is 486 g/mol. The molecule has 0 aromatic rings. The first-order valence-corrected chi connectivity index (χ1v) is 9.20. The van der Waals surface area contributed by atoms with E-state index in [1.165, 1.54) is 0 Å². The van der Waals surface area contributed by atoms with E-state index in [1.807, 2.05) is 41.5 Å². The summed E-state index contributed by atoms with van der Waals surface area (Å²) in [4.78, 5) is 16.4. The number of hydrogen-bond acceptors (Lipinski definition) is 4. The van der Waals surface area contributed by atoms with E-state index in [9.17, 15) is 4.79 Å². The average Bonchev–Trinajstić information content (AvgIpc) is 2.45. The summed E-state index contributed by atoms with van der Waals surface area (Å²) >= 11 is 0. The quantitative estimate of drug-likeness (QED) is 0.191. The summed E-state index contributed by atoms with van der Waals surface area (Å²) in [6.45, 7) is 16.8. The number of guanidine groups is 1. The zero-order valence-electron chi connectivity index (χ0n) is 17.5. The Kier molecular flexibility index (Phi) is 15.1. The first-order chi connectivity index (χ1) is 11.6. The highest BCUT2D eigenvalue weighted by atomic mass is 127. The lowest BCUT2D eigenvalue weighted by atomic mass is 10.1. The van der Waals surface area contributed by atoms with Crippen molar-refractivity contribution in [3.05, 3.63) is 0 Å². The Morgan fingerprint density at radius 3 is 2.23 bits per heavy atom. The summed E-state index contributed by atoms with van der Waals surface area (Å²) in [5.41, 5.74) is -1.03. The number of halogens is 1. The largest absolute Gasteiger partial charge is 0.444 e. The molecule has 0 atom stereocenters. The first-order valence-electron chi connectivity index (χ1n) is 9.20. The van der Waals surface area contributed by atoms with E-state index in [4.69, 9.17) is 9.47 Å². The van der Waals surface area contributed by atoms with Gasteiger partial charge in [-0.15, -0.1) is 24.0 Å². The van der Waals surface area contributed by atoms with Crippen molar-refractivity contribution < 1.29 is 14.3 Å². The van der Waals surface area contributed by atoms with Crippen LogP contribution in [-0.4, -0.2) is 56.0 Å². The van der Waals surface area contributed by atoms with Gasteiger partial charge in [0.25, 0.3) is 0 Å². The van der Waals surface area contributed by atoms with Gasteiger partial charge in [-0.3, -0.25) is 4.99 Å². The van der Waals surface area contributed by atoms with Gasteiger partial charge in [-0.2, -0.15) is 0 Å². The molecule has 0 bridgehead atoms. The van der Waals surface area contributed by atoms with Crippen molar-refractivity contribution in [2.75, 3.05) is 32.8 Å². The number of amides is 1. The van der Waals surface area contributed by atoms with Crippen LogP contribution < -0.4 is 16.0 Å². The molecule has 0 saturated heterocycles. The van der Waals surface area contributed by atoms with Gasteiger partial charge in [0.1, 0.15) is 5.60 Å². The van der Waals surface area contributed by atoms with Gasteiger partial charge >= 0.3 is 6.09 Å². The Bertz CT molecular complexity index is 410. The van der Waals surface area contributed by atoms with Crippen LogP contribution in [0.15, 0.2) is 4.99 Å². The second-order valence-electron chi connectivity index (χ2n) is 7.60. The fraction of sp³-hybridized carbons (Fsp3) is 0.889. The highest BCUT2D eigenvalue weighted by molar-refractivity contribution is 14.0. The van der Waals surface area contributed by atoms with Crippen LogP contribution in [0.25, 0.3) is 0 Å². The van der Waals surface area contributed by atoms with Crippen molar-refractivity contribution in [3.63, 3.8) is 0 Å². The minimum absolute atomic E-state index is 0. The van der Waals surface area contributed by atoms with E-state index >= 15 is 0 Å². The van der Waals surface area contributed by atoms with Crippen molar-refractivity contribution in [2.45, 2.75) is 72.4 Å². The van der Waals surface area contributed by atoms with Crippen molar-refractivity contribution in [1.82, 2.24) is 16.0 Å². The Morgan fingerprint density at radius 1 is 1.04 bits per heavy atom. The molecule has 0 fully saturated rings. The first kappa shape index (κ1) is 27.4. The van der Waals surface area contributed by atoms with E-state index in [2.05, 4.69) is 27.9 Å². The lowest BCUT2D eigenvalue weighted by Gasteiger charge is -2.27. The molecule has 0 aromatic heterocycles. The summed E-state index contributed by atoms with van der Waals surface area (Å²) in [6.07, 6.45) is 1.78. The predicted octanol–water partition coefficient (Wildman–Crippen LogP) is 3.28. The van der Waals surface area contributed by atoms with E-state index in [0.29, 0.717) is 25.7 Å². The van der Waals surface area contributed by atoms with E-state index < -0.39 is 17.2 Å². The molecule has 0 aliphatic heterocycles. The van der Waals surface area contributed by atoms with Gasteiger partial charge in [0.15, 0.2) is 5.96 Å². The summed E-state index contributed by atoms with van der Waals surface area (Å²) in [6, 6.07) is 0. The number of alkyl carbamates (subject to hydrolysis) is 1. The van der Waals surface area contributed by atoms with Crippen LogP contribution in [0.1, 0.15) is 61.3 Å². The minimum atomic E-state index is -0.516. The van der Waals surface area contributed by atoms with Gasteiger partial charge < -0.3 is 25.4 Å². The topological polar surface area (TPSA) is 84.0 Å². The molecule has 26 heavy (non-hydrogen) atoms. The van der Waals surface area contributed by atoms with Gasteiger partial charge in [-0.1, -0.05) is 13.3 Å². The zero-order chi connectivity index (χ0) is 19.3. The molecule has 0 aliphatic carbocycles. The van der Waals surface area contributed by atoms with E-state index in [0.717, 1.165) is 26.0 Å². The van der Waals surface area contributed by atoms with E-state index in [1.54, 1.807) is 0 Å². The molecule has 0 radical (unpaired) electrons. The van der Waals surface area contributed by atoms with Gasteiger partial charge in [-0.05, 0) is 48.0 Å². The Labute approximate surface area is 176 Å². The molecule has 3 N–H and O–H groups in total. The molecule has 0 aromatic carbocycles. The molecule has 1 amide bonds. The fourth-order valence-corrected chi connectivity index (χ4v) is 1.83. The van der Waals surface area contributed by atoms with Crippen LogP contribution in [0.4, 0.5) is 4.79 Å². The monoisotopic (exact) mass is 486 g/mol. The molecule has 7 nitrogen and oxygen atoms in total. The SMILES string of the molecule is CCCCOCCNC(=NCC(C)(C)NC(=O)OC(C)(C)C)NCC.I. The fourth-order valence-electron chi connectivity index (χ4n) is 1.83. The number of unbranched alkanes of at least 4 members (excludes halogenated alkanes) is 1. The maximum absolute atomic E-state index is 11.9. The Hall–Kier alpha value is -0.770. The van der Waals surface area contributed by atoms with Crippen LogP contribution in [0.3, 0.4) is 0 Å². The lowest BCUT2D eigenvalue weighted by Crippen LogP contribution is -2.49. The summed E-state index contributed by atoms with van der Waals surface area (Å²) < 4.78 is 10.8. The van der Waals surface area contributed by atoms with Crippen molar-refractivity contribution in [2.24, 2.45) is 4.99 Å². The molecular formula is C18H39IN4O3. The second kappa shape index (κ2) is 14.3. The third kappa shape index (κ3) is 16.7.